The molecule has 1 atom stereocenters. The van der Waals surface area contributed by atoms with Gasteiger partial charge in [-0.2, -0.15) is 0 Å². The maximum atomic E-state index is 5.97. The fourth-order valence-electron chi connectivity index (χ4n) is 4.74. The molecule has 1 spiro atoms. The second-order valence-electron chi connectivity index (χ2n) is 7.48. The van der Waals surface area contributed by atoms with Gasteiger partial charge in [0.25, 0.3) is 0 Å². The summed E-state index contributed by atoms with van der Waals surface area (Å²) in [6, 6.07) is 0. The van der Waals surface area contributed by atoms with Crippen LogP contribution in [0.15, 0.2) is 0 Å². The Morgan fingerprint density at radius 3 is 2.12 bits per heavy atom. The van der Waals surface area contributed by atoms with E-state index in [4.69, 9.17) is 4.74 Å². The lowest BCUT2D eigenvalue weighted by molar-refractivity contribution is -0.0413. The molecule has 1 heterocycles. The summed E-state index contributed by atoms with van der Waals surface area (Å²) in [5.74, 6) is 0. The number of alkyl halides is 1. The molecule has 1 nitrogen and oxygen atoms in total. The Kier molecular flexibility index (Phi) is 3.38. The number of rotatable bonds is 1. The minimum Gasteiger partial charge on any atom is -0.377 e. The van der Waals surface area contributed by atoms with Gasteiger partial charge in [0.2, 0.25) is 0 Å². The molecule has 2 fully saturated rings. The Bertz CT molecular complexity index is 254. The number of hydrogen-bond donors (Lipinski definition) is 0. The van der Waals surface area contributed by atoms with Gasteiger partial charge in [-0.05, 0) is 36.5 Å². The normalized spacial score (nSPS) is 35.4. The first-order chi connectivity index (χ1) is 7.29. The predicted octanol–water partition coefficient (Wildman–Crippen LogP) is 4.43. The minimum atomic E-state index is 0.479. The van der Waals surface area contributed by atoms with Crippen molar-refractivity contribution in [2.75, 3.05) is 11.0 Å². The molecule has 1 aliphatic heterocycles. The summed E-state index contributed by atoms with van der Waals surface area (Å²) in [5.41, 5.74) is 1.45. The number of halogens is 1. The maximum absolute atomic E-state index is 5.97. The smallest absolute Gasteiger partial charge is 0.0721 e. The van der Waals surface area contributed by atoms with Crippen molar-refractivity contribution in [2.24, 2.45) is 16.2 Å². The fourth-order valence-corrected chi connectivity index (χ4v) is 5.93. The highest BCUT2D eigenvalue weighted by Crippen LogP contribution is 2.59. The van der Waals surface area contributed by atoms with E-state index in [0.29, 0.717) is 22.3 Å². The van der Waals surface area contributed by atoms with Crippen molar-refractivity contribution in [3.05, 3.63) is 0 Å². The molecule has 0 amide bonds. The van der Waals surface area contributed by atoms with Crippen molar-refractivity contribution in [2.45, 2.75) is 59.5 Å². The van der Waals surface area contributed by atoms with Gasteiger partial charge in [-0.25, -0.2) is 0 Å². The van der Waals surface area contributed by atoms with Crippen LogP contribution in [0.3, 0.4) is 0 Å². The van der Waals surface area contributed by atoms with Crippen LogP contribution in [0.25, 0.3) is 0 Å². The summed E-state index contributed by atoms with van der Waals surface area (Å²) < 4.78 is 7.13. The summed E-state index contributed by atoms with van der Waals surface area (Å²) in [6.45, 7) is 10.8. The molecule has 0 bridgehead atoms. The van der Waals surface area contributed by atoms with E-state index in [-0.39, 0.29) is 0 Å². The van der Waals surface area contributed by atoms with Crippen LogP contribution >= 0.6 is 22.6 Å². The third-order valence-corrected chi connectivity index (χ3v) is 5.16. The van der Waals surface area contributed by atoms with E-state index in [2.05, 4.69) is 50.3 Å². The van der Waals surface area contributed by atoms with Gasteiger partial charge in [-0.3, -0.25) is 0 Å². The van der Waals surface area contributed by atoms with Crippen LogP contribution in [0.4, 0.5) is 0 Å². The van der Waals surface area contributed by atoms with Crippen molar-refractivity contribution in [3.8, 4) is 0 Å². The third-order valence-electron chi connectivity index (χ3n) is 4.36. The zero-order chi connectivity index (χ0) is 12.0. The number of hydrogen-bond acceptors (Lipinski definition) is 1. The van der Waals surface area contributed by atoms with Gasteiger partial charge in [0.15, 0.2) is 0 Å². The standard InChI is InChI=1S/C14H25IO/c1-12(2)8-13(3,4)10-14(9-12)5-6-16-11(14)7-15/h11H,5-10H2,1-4H3. The molecule has 1 aliphatic carbocycles. The van der Waals surface area contributed by atoms with Gasteiger partial charge in [-0.1, -0.05) is 50.3 Å². The summed E-state index contributed by atoms with van der Waals surface area (Å²) in [7, 11) is 0. The first-order valence-electron chi connectivity index (χ1n) is 6.46. The fraction of sp³-hybridized carbons (Fsp3) is 1.00. The lowest BCUT2D eigenvalue weighted by Gasteiger charge is -2.52. The van der Waals surface area contributed by atoms with E-state index in [0.717, 1.165) is 11.0 Å². The highest BCUT2D eigenvalue weighted by Gasteiger charge is 2.53. The van der Waals surface area contributed by atoms with Crippen molar-refractivity contribution in [3.63, 3.8) is 0 Å². The average molecular weight is 336 g/mol. The maximum Gasteiger partial charge on any atom is 0.0721 e. The van der Waals surface area contributed by atoms with E-state index in [1.54, 1.807) is 0 Å². The van der Waals surface area contributed by atoms with Gasteiger partial charge in [0.1, 0.15) is 0 Å². The third kappa shape index (κ3) is 2.43. The molecule has 0 N–H and O–H groups in total. The van der Waals surface area contributed by atoms with E-state index in [1.165, 1.54) is 25.7 Å². The zero-order valence-corrected chi connectivity index (χ0v) is 13.3. The van der Waals surface area contributed by atoms with Crippen LogP contribution in [-0.4, -0.2) is 17.1 Å². The first kappa shape index (κ1) is 13.1. The topological polar surface area (TPSA) is 9.23 Å². The van der Waals surface area contributed by atoms with Crippen molar-refractivity contribution in [1.82, 2.24) is 0 Å². The van der Waals surface area contributed by atoms with E-state index in [1.807, 2.05) is 0 Å². The Balaban J connectivity index is 2.27. The van der Waals surface area contributed by atoms with E-state index >= 15 is 0 Å². The van der Waals surface area contributed by atoms with Crippen molar-refractivity contribution < 1.29 is 4.74 Å². The molecule has 1 unspecified atom stereocenters. The van der Waals surface area contributed by atoms with Gasteiger partial charge < -0.3 is 4.74 Å². The first-order valence-corrected chi connectivity index (χ1v) is 7.99. The quantitative estimate of drug-likeness (QED) is 0.508. The molecular weight excluding hydrogens is 311 g/mol. The molecule has 0 aromatic heterocycles. The van der Waals surface area contributed by atoms with Crippen molar-refractivity contribution in [1.29, 1.82) is 0 Å². The van der Waals surface area contributed by atoms with Crippen LogP contribution < -0.4 is 0 Å². The van der Waals surface area contributed by atoms with Gasteiger partial charge >= 0.3 is 0 Å². The zero-order valence-electron chi connectivity index (χ0n) is 11.1. The Morgan fingerprint density at radius 1 is 1.06 bits per heavy atom. The van der Waals surface area contributed by atoms with Crippen LogP contribution in [0.5, 0.6) is 0 Å². The molecule has 0 aromatic rings. The second-order valence-corrected chi connectivity index (χ2v) is 8.37. The molecule has 94 valence electrons. The molecule has 0 aromatic carbocycles. The molecule has 0 radical (unpaired) electrons. The average Bonchev–Trinajstić information content (AvgIpc) is 2.40. The SMILES string of the molecule is CC1(C)CC(C)(C)CC2(CCOC2CI)C1. The molecule has 2 rings (SSSR count). The minimum absolute atomic E-state index is 0.479. The molecular formula is C14H25IO. The largest absolute Gasteiger partial charge is 0.377 e. The molecule has 2 heteroatoms. The lowest BCUT2D eigenvalue weighted by Crippen LogP contribution is -2.46. The Hall–Kier alpha value is 0.690. The van der Waals surface area contributed by atoms with E-state index in [9.17, 15) is 0 Å². The Labute approximate surface area is 114 Å². The number of ether oxygens (including phenoxy) is 1. The summed E-state index contributed by atoms with van der Waals surface area (Å²) in [4.78, 5) is 0. The highest BCUT2D eigenvalue weighted by atomic mass is 127. The summed E-state index contributed by atoms with van der Waals surface area (Å²) in [5, 5.41) is 0. The molecule has 1 saturated heterocycles. The molecule has 1 saturated carbocycles. The highest BCUT2D eigenvalue weighted by molar-refractivity contribution is 14.1. The van der Waals surface area contributed by atoms with Crippen LogP contribution in [-0.2, 0) is 4.74 Å². The van der Waals surface area contributed by atoms with E-state index < -0.39 is 0 Å². The van der Waals surface area contributed by atoms with Gasteiger partial charge in [0, 0.05) is 16.4 Å². The summed E-state index contributed by atoms with van der Waals surface area (Å²) in [6.07, 6.45) is 5.87. The monoisotopic (exact) mass is 336 g/mol. The lowest BCUT2D eigenvalue weighted by atomic mass is 9.53. The summed E-state index contributed by atoms with van der Waals surface area (Å²) >= 11 is 2.50. The Morgan fingerprint density at radius 2 is 1.62 bits per heavy atom. The van der Waals surface area contributed by atoms with Crippen molar-refractivity contribution >= 4 is 22.6 Å². The molecule has 16 heavy (non-hydrogen) atoms. The van der Waals surface area contributed by atoms with Crippen LogP contribution in [0.2, 0.25) is 0 Å². The predicted molar refractivity (Wildman–Crippen MR) is 77.1 cm³/mol. The van der Waals surface area contributed by atoms with Gasteiger partial charge in [0.05, 0.1) is 6.10 Å². The van der Waals surface area contributed by atoms with Gasteiger partial charge in [-0.15, -0.1) is 0 Å². The van der Waals surface area contributed by atoms with Crippen LogP contribution in [0.1, 0.15) is 53.4 Å². The van der Waals surface area contributed by atoms with Crippen LogP contribution in [0, 0.1) is 16.2 Å². The molecule has 2 aliphatic rings. The second kappa shape index (κ2) is 4.11.